The van der Waals surface area contributed by atoms with Crippen LogP contribution in [0, 0.1) is 11.3 Å². The van der Waals surface area contributed by atoms with Gasteiger partial charge < -0.3 is 11.1 Å². The second-order valence-electron chi connectivity index (χ2n) is 5.72. The number of ketones is 1. The van der Waals surface area contributed by atoms with Crippen molar-refractivity contribution in [2.24, 2.45) is 17.1 Å². The first-order valence-corrected chi connectivity index (χ1v) is 7.83. The summed E-state index contributed by atoms with van der Waals surface area (Å²) in [5, 5.41) is 4.97. The number of nitrogens with two attached hydrogens (primary N) is 1. The number of hydrogen-bond donors (Lipinski definition) is 2. The first kappa shape index (κ1) is 15.1. The number of hydrogen-bond acceptors (Lipinski definition) is 5. The zero-order valence-corrected chi connectivity index (χ0v) is 12.8. The zero-order valence-electron chi connectivity index (χ0n) is 11.9. The molecule has 0 saturated heterocycles. The molecule has 1 heterocycles. The van der Waals surface area contributed by atoms with Crippen LogP contribution in [0.25, 0.3) is 0 Å². The summed E-state index contributed by atoms with van der Waals surface area (Å²) >= 11 is 1.28. The van der Waals surface area contributed by atoms with Crippen molar-refractivity contribution in [3.05, 3.63) is 11.1 Å². The molecule has 20 heavy (non-hydrogen) atoms. The number of nitrogens with one attached hydrogen (secondary N) is 1. The lowest BCUT2D eigenvalue weighted by Gasteiger charge is -2.36. The van der Waals surface area contributed by atoms with Crippen molar-refractivity contribution in [2.45, 2.75) is 39.5 Å². The van der Waals surface area contributed by atoms with Gasteiger partial charge in [-0.2, -0.15) is 0 Å². The molecule has 0 unspecified atom stereocenters. The molecular weight excluding hydrogens is 274 g/mol. The highest BCUT2D eigenvalue weighted by molar-refractivity contribution is 7.14. The Bertz CT molecular complexity index is 504. The molecule has 1 saturated carbocycles. The third-order valence-electron chi connectivity index (χ3n) is 4.19. The summed E-state index contributed by atoms with van der Waals surface area (Å²) in [6, 6.07) is 0. The van der Waals surface area contributed by atoms with E-state index in [-0.39, 0.29) is 11.7 Å². The fraction of sp³-hybridized carbons (Fsp3) is 0.643. The molecule has 1 aromatic rings. The molecule has 6 heteroatoms. The van der Waals surface area contributed by atoms with Crippen molar-refractivity contribution >= 4 is 28.2 Å². The van der Waals surface area contributed by atoms with Gasteiger partial charge in [0.1, 0.15) is 5.69 Å². The molecule has 3 N–H and O–H groups in total. The molecule has 1 aliphatic rings. The first-order valence-electron chi connectivity index (χ1n) is 6.95. The molecule has 1 aromatic heterocycles. The van der Waals surface area contributed by atoms with E-state index in [9.17, 15) is 9.59 Å². The van der Waals surface area contributed by atoms with Gasteiger partial charge in [-0.15, -0.1) is 11.3 Å². The van der Waals surface area contributed by atoms with E-state index in [0.717, 1.165) is 25.7 Å². The summed E-state index contributed by atoms with van der Waals surface area (Å²) in [6.07, 6.45) is 3.70. The van der Waals surface area contributed by atoms with Crippen molar-refractivity contribution in [1.82, 2.24) is 4.98 Å². The van der Waals surface area contributed by atoms with Gasteiger partial charge in [0.25, 0.3) is 0 Å². The maximum absolute atomic E-state index is 12.5. The first-order chi connectivity index (χ1) is 9.47. The van der Waals surface area contributed by atoms with E-state index in [1.165, 1.54) is 18.3 Å². The highest BCUT2D eigenvalue weighted by Gasteiger charge is 2.40. The monoisotopic (exact) mass is 295 g/mol. The number of aromatic nitrogens is 1. The van der Waals surface area contributed by atoms with Crippen molar-refractivity contribution in [3.63, 3.8) is 0 Å². The number of Topliss-reactive ketones (excluding diaryl/α,β-unsaturated/α-hetero) is 1. The SMILES string of the molecule is CC(=O)c1csc(NC(=O)C2(CN)CCC(C)CC2)n1. The van der Waals surface area contributed by atoms with Crippen LogP contribution in [0.2, 0.25) is 0 Å². The molecule has 0 radical (unpaired) electrons. The Labute approximate surface area is 123 Å². The Morgan fingerprint density at radius 2 is 2.15 bits per heavy atom. The van der Waals surface area contributed by atoms with E-state index in [1.807, 2.05) is 0 Å². The lowest BCUT2D eigenvalue weighted by Crippen LogP contribution is -2.44. The third kappa shape index (κ3) is 3.07. The number of amides is 1. The highest BCUT2D eigenvalue weighted by atomic mass is 32.1. The van der Waals surface area contributed by atoms with Crippen LogP contribution in [-0.4, -0.2) is 23.2 Å². The standard InChI is InChI=1S/C14H21N3O2S/c1-9-3-5-14(8-15,6-4-9)12(19)17-13-16-11(7-20-13)10(2)18/h7,9H,3-6,8,15H2,1-2H3,(H,16,17,19). The molecule has 0 spiro atoms. The molecule has 1 fully saturated rings. The summed E-state index contributed by atoms with van der Waals surface area (Å²) in [4.78, 5) is 27.8. The van der Waals surface area contributed by atoms with Crippen LogP contribution >= 0.6 is 11.3 Å². The molecule has 2 rings (SSSR count). The Morgan fingerprint density at radius 1 is 1.50 bits per heavy atom. The summed E-state index contributed by atoms with van der Waals surface area (Å²) in [7, 11) is 0. The third-order valence-corrected chi connectivity index (χ3v) is 4.95. The Balaban J connectivity index is 2.07. The fourth-order valence-electron chi connectivity index (χ4n) is 2.56. The Hall–Kier alpha value is -1.27. The molecule has 1 aliphatic carbocycles. The zero-order chi connectivity index (χ0) is 14.8. The lowest BCUT2D eigenvalue weighted by molar-refractivity contribution is -0.127. The van der Waals surface area contributed by atoms with E-state index in [2.05, 4.69) is 17.2 Å². The average Bonchev–Trinajstić information content (AvgIpc) is 2.88. The molecule has 0 aromatic carbocycles. The van der Waals surface area contributed by atoms with Crippen LogP contribution in [0.15, 0.2) is 5.38 Å². The number of carbonyl (C=O) groups is 2. The smallest absolute Gasteiger partial charge is 0.233 e. The molecule has 110 valence electrons. The van der Waals surface area contributed by atoms with E-state index in [4.69, 9.17) is 5.73 Å². The predicted molar refractivity (Wildman–Crippen MR) is 79.9 cm³/mol. The summed E-state index contributed by atoms with van der Waals surface area (Å²) < 4.78 is 0. The summed E-state index contributed by atoms with van der Waals surface area (Å²) in [5.74, 6) is 0.504. The predicted octanol–water partition coefficient (Wildman–Crippen LogP) is 2.44. The molecular formula is C14H21N3O2S. The minimum absolute atomic E-state index is 0.0589. The second-order valence-corrected chi connectivity index (χ2v) is 6.57. The van der Waals surface area contributed by atoms with Crippen LogP contribution in [-0.2, 0) is 4.79 Å². The largest absolute Gasteiger partial charge is 0.329 e. The van der Waals surface area contributed by atoms with Gasteiger partial charge in [-0.3, -0.25) is 9.59 Å². The van der Waals surface area contributed by atoms with Crippen LogP contribution in [0.4, 0.5) is 5.13 Å². The van der Waals surface area contributed by atoms with E-state index < -0.39 is 5.41 Å². The minimum Gasteiger partial charge on any atom is -0.329 e. The van der Waals surface area contributed by atoms with Gasteiger partial charge in [-0.05, 0) is 31.6 Å². The molecule has 5 nitrogen and oxygen atoms in total. The van der Waals surface area contributed by atoms with Crippen molar-refractivity contribution < 1.29 is 9.59 Å². The van der Waals surface area contributed by atoms with E-state index in [1.54, 1.807) is 5.38 Å². The molecule has 0 bridgehead atoms. The van der Waals surface area contributed by atoms with Crippen molar-refractivity contribution in [1.29, 1.82) is 0 Å². The van der Waals surface area contributed by atoms with Gasteiger partial charge in [-0.1, -0.05) is 6.92 Å². The van der Waals surface area contributed by atoms with Crippen LogP contribution in [0.5, 0.6) is 0 Å². The minimum atomic E-state index is -0.478. The highest BCUT2D eigenvalue weighted by Crippen LogP contribution is 2.39. The van der Waals surface area contributed by atoms with Crippen molar-refractivity contribution in [2.75, 3.05) is 11.9 Å². The number of rotatable bonds is 4. The maximum atomic E-state index is 12.5. The number of anilines is 1. The lowest BCUT2D eigenvalue weighted by atomic mass is 9.70. The van der Waals surface area contributed by atoms with Crippen LogP contribution in [0.3, 0.4) is 0 Å². The van der Waals surface area contributed by atoms with E-state index in [0.29, 0.717) is 23.3 Å². The number of carbonyl (C=O) groups excluding carboxylic acids is 2. The molecule has 0 aliphatic heterocycles. The quantitative estimate of drug-likeness (QED) is 0.835. The van der Waals surface area contributed by atoms with Gasteiger partial charge >= 0.3 is 0 Å². The normalized spacial score (nSPS) is 26.2. The maximum Gasteiger partial charge on any atom is 0.233 e. The molecule has 1 amide bonds. The number of nitrogens with zero attached hydrogens (tertiary/aromatic N) is 1. The topological polar surface area (TPSA) is 85.1 Å². The molecule has 0 atom stereocenters. The van der Waals surface area contributed by atoms with Gasteiger partial charge in [0.15, 0.2) is 10.9 Å². The summed E-state index contributed by atoms with van der Waals surface area (Å²) in [6.45, 7) is 4.03. The summed E-state index contributed by atoms with van der Waals surface area (Å²) in [5.41, 5.74) is 5.78. The number of thiazole rings is 1. The van der Waals surface area contributed by atoms with Gasteiger partial charge in [0, 0.05) is 18.8 Å². The van der Waals surface area contributed by atoms with Crippen LogP contribution in [0.1, 0.15) is 50.0 Å². The Morgan fingerprint density at radius 3 is 2.65 bits per heavy atom. The fourth-order valence-corrected chi connectivity index (χ4v) is 3.31. The van der Waals surface area contributed by atoms with Crippen molar-refractivity contribution in [3.8, 4) is 0 Å². The average molecular weight is 295 g/mol. The van der Waals surface area contributed by atoms with Gasteiger partial charge in [0.05, 0.1) is 5.41 Å². The van der Waals surface area contributed by atoms with E-state index >= 15 is 0 Å². The van der Waals surface area contributed by atoms with Gasteiger partial charge in [-0.25, -0.2) is 4.98 Å². The van der Waals surface area contributed by atoms with Gasteiger partial charge in [0.2, 0.25) is 5.91 Å². The Kier molecular flexibility index (Phi) is 4.55. The van der Waals surface area contributed by atoms with Crippen LogP contribution < -0.4 is 11.1 Å². The second kappa shape index (κ2) is 6.01.